The van der Waals surface area contributed by atoms with Crippen LogP contribution in [0, 0.1) is 12.3 Å². The molecule has 0 aromatic carbocycles. The maximum Gasteiger partial charge on any atom is 0.265 e. The minimum absolute atomic E-state index is 0.0622. The van der Waals surface area contributed by atoms with Gasteiger partial charge in [-0.25, -0.2) is 13.1 Å². The first kappa shape index (κ1) is 15.9. The molecule has 1 N–H and O–H groups in total. The van der Waals surface area contributed by atoms with Crippen molar-refractivity contribution in [1.29, 1.82) is 0 Å². The van der Waals surface area contributed by atoms with Crippen molar-refractivity contribution in [2.45, 2.75) is 57.3 Å². The molecular formula is C15H22N2O3S. The molecule has 0 aliphatic heterocycles. The monoisotopic (exact) mass is 310 g/mol. The van der Waals surface area contributed by atoms with E-state index in [1.165, 1.54) is 18.8 Å². The molecule has 1 fully saturated rings. The number of nitrogens with one attached hydrogen (secondary N) is 1. The molecule has 116 valence electrons. The first-order valence-electron chi connectivity index (χ1n) is 7.29. The van der Waals surface area contributed by atoms with E-state index in [9.17, 15) is 13.2 Å². The van der Waals surface area contributed by atoms with Gasteiger partial charge in [-0.05, 0) is 36.8 Å². The Hall–Kier alpha value is -1.43. The van der Waals surface area contributed by atoms with Crippen LogP contribution in [0.2, 0.25) is 0 Å². The number of carbonyl (C=O) groups is 1. The number of amides is 1. The van der Waals surface area contributed by atoms with Crippen LogP contribution in [-0.4, -0.2) is 19.3 Å². The van der Waals surface area contributed by atoms with E-state index in [2.05, 4.69) is 16.6 Å². The highest BCUT2D eigenvalue weighted by Crippen LogP contribution is 2.38. The molecule has 1 heterocycles. The summed E-state index contributed by atoms with van der Waals surface area (Å²) >= 11 is 0. The first-order chi connectivity index (χ1) is 9.82. The number of sulfonamides is 1. The average Bonchev–Trinajstić information content (AvgIpc) is 2.38. The molecule has 1 aliphatic rings. The van der Waals surface area contributed by atoms with Crippen molar-refractivity contribution in [3.8, 4) is 0 Å². The number of rotatable bonds is 4. The second kappa shape index (κ2) is 6.13. The van der Waals surface area contributed by atoms with Gasteiger partial charge in [-0.1, -0.05) is 26.2 Å². The zero-order valence-electron chi connectivity index (χ0n) is 12.6. The van der Waals surface area contributed by atoms with Crippen LogP contribution in [-0.2, 0) is 14.8 Å². The number of hydrogen-bond donors (Lipinski definition) is 1. The third-order valence-electron chi connectivity index (χ3n) is 4.18. The SMILES string of the molecule is Cc1ccncc1S(=O)(=O)NC(=O)CC1(C)CCCCC1. The van der Waals surface area contributed by atoms with Crippen molar-refractivity contribution in [2.24, 2.45) is 5.41 Å². The molecular weight excluding hydrogens is 288 g/mol. The van der Waals surface area contributed by atoms with E-state index in [4.69, 9.17) is 0 Å². The third kappa shape index (κ3) is 4.03. The van der Waals surface area contributed by atoms with Crippen molar-refractivity contribution < 1.29 is 13.2 Å². The number of nitrogens with zero attached hydrogens (tertiary/aromatic N) is 1. The summed E-state index contributed by atoms with van der Waals surface area (Å²) in [7, 11) is -3.83. The van der Waals surface area contributed by atoms with Gasteiger partial charge < -0.3 is 0 Å². The van der Waals surface area contributed by atoms with Gasteiger partial charge >= 0.3 is 0 Å². The smallest absolute Gasteiger partial charge is 0.265 e. The predicted octanol–water partition coefficient (Wildman–Crippen LogP) is 2.56. The molecule has 0 radical (unpaired) electrons. The summed E-state index contributed by atoms with van der Waals surface area (Å²) in [6.45, 7) is 3.75. The van der Waals surface area contributed by atoms with E-state index in [1.807, 2.05) is 0 Å². The molecule has 1 amide bonds. The average molecular weight is 310 g/mol. The van der Waals surface area contributed by atoms with Gasteiger partial charge in [-0.2, -0.15) is 0 Å². The fraction of sp³-hybridized carbons (Fsp3) is 0.600. The molecule has 0 saturated heterocycles. The number of carbonyl (C=O) groups excluding carboxylic acids is 1. The van der Waals surface area contributed by atoms with Gasteiger partial charge in [-0.15, -0.1) is 0 Å². The predicted molar refractivity (Wildman–Crippen MR) is 80.1 cm³/mol. The Kier molecular flexibility index (Phi) is 4.66. The van der Waals surface area contributed by atoms with E-state index in [0.717, 1.165) is 25.7 Å². The summed E-state index contributed by atoms with van der Waals surface area (Å²) in [4.78, 5) is 16.0. The van der Waals surface area contributed by atoms with Gasteiger partial charge in [0.25, 0.3) is 10.0 Å². The Morgan fingerprint density at radius 2 is 2.00 bits per heavy atom. The molecule has 5 nitrogen and oxygen atoms in total. The normalized spacial score (nSPS) is 18.2. The molecule has 2 rings (SSSR count). The Bertz CT molecular complexity index is 620. The fourth-order valence-electron chi connectivity index (χ4n) is 2.94. The Morgan fingerprint density at radius 1 is 1.33 bits per heavy atom. The Labute approximate surface area is 126 Å². The van der Waals surface area contributed by atoms with Gasteiger partial charge in [0.2, 0.25) is 5.91 Å². The van der Waals surface area contributed by atoms with Crippen LogP contribution in [0.5, 0.6) is 0 Å². The van der Waals surface area contributed by atoms with Gasteiger partial charge in [0.1, 0.15) is 4.90 Å². The largest absolute Gasteiger partial charge is 0.274 e. The molecule has 1 aromatic heterocycles. The molecule has 1 aromatic rings. The minimum Gasteiger partial charge on any atom is -0.274 e. The number of aryl methyl sites for hydroxylation is 1. The van der Waals surface area contributed by atoms with Crippen LogP contribution < -0.4 is 4.72 Å². The summed E-state index contributed by atoms with van der Waals surface area (Å²) in [5.41, 5.74) is 0.496. The Balaban J connectivity index is 2.07. The lowest BCUT2D eigenvalue weighted by Gasteiger charge is -2.32. The lowest BCUT2D eigenvalue weighted by molar-refractivity contribution is -0.121. The summed E-state index contributed by atoms with van der Waals surface area (Å²) < 4.78 is 26.7. The maximum atomic E-state index is 12.2. The second-order valence-electron chi connectivity index (χ2n) is 6.22. The molecule has 0 spiro atoms. The van der Waals surface area contributed by atoms with E-state index >= 15 is 0 Å². The van der Waals surface area contributed by atoms with Crippen LogP contribution in [0.3, 0.4) is 0 Å². The van der Waals surface area contributed by atoms with Crippen LogP contribution in [0.4, 0.5) is 0 Å². The Morgan fingerprint density at radius 3 is 2.62 bits per heavy atom. The van der Waals surface area contributed by atoms with Gasteiger partial charge in [0.15, 0.2) is 0 Å². The molecule has 0 bridgehead atoms. The standard InChI is InChI=1S/C15H22N2O3S/c1-12-6-9-16-11-13(12)21(19,20)17-14(18)10-15(2)7-4-3-5-8-15/h6,9,11H,3-5,7-8,10H2,1-2H3,(H,17,18). The van der Waals surface area contributed by atoms with Crippen molar-refractivity contribution in [3.63, 3.8) is 0 Å². The van der Waals surface area contributed by atoms with E-state index in [1.54, 1.807) is 13.0 Å². The highest BCUT2D eigenvalue weighted by molar-refractivity contribution is 7.90. The van der Waals surface area contributed by atoms with Crippen molar-refractivity contribution in [1.82, 2.24) is 9.71 Å². The number of hydrogen-bond acceptors (Lipinski definition) is 4. The summed E-state index contributed by atoms with van der Waals surface area (Å²) in [6, 6.07) is 1.61. The second-order valence-corrected chi connectivity index (χ2v) is 7.87. The van der Waals surface area contributed by atoms with Crippen molar-refractivity contribution >= 4 is 15.9 Å². The minimum atomic E-state index is -3.83. The highest BCUT2D eigenvalue weighted by Gasteiger charge is 2.31. The molecule has 21 heavy (non-hydrogen) atoms. The number of pyridine rings is 1. The van der Waals surface area contributed by atoms with Crippen LogP contribution in [0.1, 0.15) is 51.0 Å². The number of aromatic nitrogens is 1. The van der Waals surface area contributed by atoms with Gasteiger partial charge in [0, 0.05) is 18.8 Å². The van der Waals surface area contributed by atoms with Crippen LogP contribution >= 0.6 is 0 Å². The molecule has 1 saturated carbocycles. The quantitative estimate of drug-likeness (QED) is 0.927. The zero-order valence-corrected chi connectivity index (χ0v) is 13.4. The molecule has 1 aliphatic carbocycles. The summed E-state index contributed by atoms with van der Waals surface area (Å²) in [5, 5.41) is 0. The lowest BCUT2D eigenvalue weighted by Crippen LogP contribution is -2.35. The fourth-order valence-corrected chi connectivity index (χ4v) is 4.11. The van der Waals surface area contributed by atoms with E-state index in [-0.39, 0.29) is 16.7 Å². The van der Waals surface area contributed by atoms with Crippen molar-refractivity contribution in [3.05, 3.63) is 24.0 Å². The third-order valence-corrected chi connectivity index (χ3v) is 5.68. The van der Waals surface area contributed by atoms with Gasteiger partial charge in [-0.3, -0.25) is 9.78 Å². The van der Waals surface area contributed by atoms with Crippen molar-refractivity contribution in [2.75, 3.05) is 0 Å². The van der Waals surface area contributed by atoms with E-state index in [0.29, 0.717) is 5.56 Å². The molecule has 6 heteroatoms. The zero-order chi connectivity index (χ0) is 15.5. The summed E-state index contributed by atoms with van der Waals surface area (Å²) in [6.07, 6.45) is 8.43. The molecule has 0 atom stereocenters. The highest BCUT2D eigenvalue weighted by atomic mass is 32.2. The van der Waals surface area contributed by atoms with Gasteiger partial charge in [0.05, 0.1) is 0 Å². The van der Waals surface area contributed by atoms with Crippen LogP contribution in [0.15, 0.2) is 23.4 Å². The van der Waals surface area contributed by atoms with E-state index < -0.39 is 15.9 Å². The first-order valence-corrected chi connectivity index (χ1v) is 8.77. The summed E-state index contributed by atoms with van der Waals surface area (Å²) in [5.74, 6) is -0.428. The maximum absolute atomic E-state index is 12.2. The topological polar surface area (TPSA) is 76.1 Å². The lowest BCUT2D eigenvalue weighted by atomic mass is 9.73. The van der Waals surface area contributed by atoms with Crippen LogP contribution in [0.25, 0.3) is 0 Å². The molecule has 0 unspecified atom stereocenters.